The molecule has 1 N–H and O–H groups in total. The Kier molecular flexibility index (Phi) is 2.96. The highest BCUT2D eigenvalue weighted by atomic mass is 16.5. The van der Waals surface area contributed by atoms with E-state index in [9.17, 15) is 4.79 Å². The maximum Gasteiger partial charge on any atom is 0.255 e. The van der Waals surface area contributed by atoms with Crippen molar-refractivity contribution in [2.75, 3.05) is 6.54 Å². The summed E-state index contributed by atoms with van der Waals surface area (Å²) < 4.78 is 7.58. The summed E-state index contributed by atoms with van der Waals surface area (Å²) in [4.78, 5) is 12.4. The molecular formula is C16H19N3O2. The van der Waals surface area contributed by atoms with E-state index in [1.54, 1.807) is 10.7 Å². The largest absolute Gasteiger partial charge is 0.375 e. The zero-order valence-corrected chi connectivity index (χ0v) is 12.1. The number of fused-ring (bicyclic) bond motifs is 3. The summed E-state index contributed by atoms with van der Waals surface area (Å²) in [5.74, 6) is 0.424. The van der Waals surface area contributed by atoms with E-state index < -0.39 is 0 Å². The first kappa shape index (κ1) is 12.8. The third-order valence-electron chi connectivity index (χ3n) is 4.67. The summed E-state index contributed by atoms with van der Waals surface area (Å²) in [6.07, 6.45) is 7.75. The number of aryl methyl sites for hydroxylation is 1. The smallest absolute Gasteiger partial charge is 0.255 e. The van der Waals surface area contributed by atoms with E-state index in [1.807, 2.05) is 25.3 Å². The van der Waals surface area contributed by atoms with Crippen molar-refractivity contribution < 1.29 is 9.53 Å². The van der Waals surface area contributed by atoms with Gasteiger partial charge in [-0.2, -0.15) is 5.10 Å². The Morgan fingerprint density at radius 3 is 3.14 bits per heavy atom. The number of carbonyl (C=O) groups excluding carboxylic acids is 1. The van der Waals surface area contributed by atoms with Crippen LogP contribution in [0.25, 0.3) is 5.52 Å². The number of ether oxygens (including phenoxy) is 1. The minimum absolute atomic E-state index is 0.0448. The Morgan fingerprint density at radius 1 is 1.48 bits per heavy atom. The molecule has 0 radical (unpaired) electrons. The van der Waals surface area contributed by atoms with E-state index in [4.69, 9.17) is 4.74 Å². The van der Waals surface area contributed by atoms with Crippen molar-refractivity contribution in [3.8, 4) is 0 Å². The van der Waals surface area contributed by atoms with Gasteiger partial charge in [-0.05, 0) is 37.8 Å². The summed E-state index contributed by atoms with van der Waals surface area (Å²) in [5, 5.41) is 7.30. The predicted molar refractivity (Wildman–Crippen MR) is 78.3 cm³/mol. The van der Waals surface area contributed by atoms with Crippen molar-refractivity contribution in [3.05, 3.63) is 35.7 Å². The molecule has 0 unspecified atom stereocenters. The molecule has 2 saturated heterocycles. The zero-order valence-electron chi connectivity index (χ0n) is 12.1. The number of carbonyl (C=O) groups is 1. The third-order valence-corrected chi connectivity index (χ3v) is 4.67. The molecule has 110 valence electrons. The van der Waals surface area contributed by atoms with Gasteiger partial charge in [0.1, 0.15) is 0 Å². The Morgan fingerprint density at radius 2 is 2.38 bits per heavy atom. The molecule has 1 amide bonds. The van der Waals surface area contributed by atoms with Crippen molar-refractivity contribution in [3.63, 3.8) is 0 Å². The summed E-state index contributed by atoms with van der Waals surface area (Å²) in [6.45, 7) is 2.71. The van der Waals surface area contributed by atoms with E-state index in [2.05, 4.69) is 10.4 Å². The van der Waals surface area contributed by atoms with Gasteiger partial charge in [0.15, 0.2) is 0 Å². The van der Waals surface area contributed by atoms with Crippen molar-refractivity contribution in [2.45, 2.75) is 38.4 Å². The van der Waals surface area contributed by atoms with Crippen molar-refractivity contribution in [1.29, 1.82) is 0 Å². The third kappa shape index (κ3) is 2.21. The average Bonchev–Trinajstić information content (AvgIpc) is 3.18. The number of aromatic nitrogens is 2. The van der Waals surface area contributed by atoms with E-state index in [1.165, 1.54) is 6.42 Å². The Labute approximate surface area is 123 Å². The average molecular weight is 285 g/mol. The molecule has 0 aliphatic carbocycles. The van der Waals surface area contributed by atoms with Gasteiger partial charge < -0.3 is 10.1 Å². The molecule has 0 saturated carbocycles. The highest BCUT2D eigenvalue weighted by Gasteiger charge is 2.40. The summed E-state index contributed by atoms with van der Waals surface area (Å²) >= 11 is 0. The Balaban J connectivity index is 1.46. The standard InChI is InChI=1S/C16H19N3O2/c1-10-2-4-14-13(8-18-19(14)9-10)16(20)17-7-11-6-12-3-5-15(11)21-12/h2,4,8-9,11-12,15H,3,5-7H2,1H3,(H,17,20)/t11-,12-,15+/m0/s1. The zero-order chi connectivity index (χ0) is 14.4. The number of rotatable bonds is 3. The number of amides is 1. The Hall–Kier alpha value is -1.88. The van der Waals surface area contributed by atoms with Gasteiger partial charge in [0.25, 0.3) is 5.91 Å². The Bertz CT molecular complexity index is 694. The molecule has 21 heavy (non-hydrogen) atoms. The molecular weight excluding hydrogens is 266 g/mol. The lowest BCUT2D eigenvalue weighted by Gasteiger charge is -2.18. The molecule has 3 atom stereocenters. The molecule has 4 heterocycles. The molecule has 5 heteroatoms. The van der Waals surface area contributed by atoms with Gasteiger partial charge in [-0.3, -0.25) is 4.79 Å². The fourth-order valence-corrected chi connectivity index (χ4v) is 3.54. The van der Waals surface area contributed by atoms with Gasteiger partial charge in [-0.15, -0.1) is 0 Å². The van der Waals surface area contributed by atoms with Gasteiger partial charge in [-0.25, -0.2) is 4.52 Å². The normalized spacial score (nSPS) is 27.4. The molecule has 2 fully saturated rings. The SMILES string of the molecule is Cc1ccc2c(C(=O)NC[C@@H]3C[C@@H]4CC[C@H]3O4)cnn2c1. The van der Waals surface area contributed by atoms with Gasteiger partial charge >= 0.3 is 0 Å². The van der Waals surface area contributed by atoms with Gasteiger partial charge in [-0.1, -0.05) is 6.07 Å². The molecule has 0 aromatic carbocycles. The maximum absolute atomic E-state index is 12.4. The van der Waals surface area contributed by atoms with E-state index in [0.717, 1.165) is 23.9 Å². The van der Waals surface area contributed by atoms with Gasteiger partial charge in [0, 0.05) is 18.7 Å². The lowest BCUT2D eigenvalue weighted by atomic mass is 9.89. The van der Waals surface area contributed by atoms with Crippen LogP contribution in [0.1, 0.15) is 35.2 Å². The van der Waals surface area contributed by atoms with Crippen LogP contribution in [0.4, 0.5) is 0 Å². The minimum atomic E-state index is -0.0448. The number of hydrogen-bond acceptors (Lipinski definition) is 3. The maximum atomic E-state index is 12.4. The first-order chi connectivity index (χ1) is 10.2. The van der Waals surface area contributed by atoms with Crippen LogP contribution in [0.15, 0.2) is 24.5 Å². The molecule has 2 aromatic heterocycles. The fraction of sp³-hybridized carbons (Fsp3) is 0.500. The second kappa shape index (κ2) is 4.84. The topological polar surface area (TPSA) is 55.6 Å². The quantitative estimate of drug-likeness (QED) is 0.937. The summed E-state index contributed by atoms with van der Waals surface area (Å²) in [6, 6.07) is 3.94. The van der Waals surface area contributed by atoms with Gasteiger partial charge in [0.05, 0.1) is 29.5 Å². The molecule has 2 aliphatic rings. The second-order valence-corrected chi connectivity index (χ2v) is 6.17. The monoisotopic (exact) mass is 285 g/mol. The van der Waals surface area contributed by atoms with E-state index in [-0.39, 0.29) is 5.91 Å². The van der Waals surface area contributed by atoms with Crippen LogP contribution in [-0.2, 0) is 4.74 Å². The first-order valence-electron chi connectivity index (χ1n) is 7.58. The van der Waals surface area contributed by atoms with Crippen LogP contribution >= 0.6 is 0 Å². The highest BCUT2D eigenvalue weighted by molar-refractivity contribution is 6.00. The van der Waals surface area contributed by atoms with Crippen molar-refractivity contribution in [2.24, 2.45) is 5.92 Å². The summed E-state index contributed by atoms with van der Waals surface area (Å²) in [7, 11) is 0. The first-order valence-corrected chi connectivity index (χ1v) is 7.58. The van der Waals surface area contributed by atoms with E-state index >= 15 is 0 Å². The molecule has 5 nitrogen and oxygen atoms in total. The van der Waals surface area contributed by atoms with Crippen molar-refractivity contribution in [1.82, 2.24) is 14.9 Å². The van der Waals surface area contributed by atoms with Gasteiger partial charge in [0.2, 0.25) is 0 Å². The molecule has 2 aromatic rings. The number of pyridine rings is 1. The molecule has 4 rings (SSSR count). The van der Waals surface area contributed by atoms with Crippen LogP contribution in [-0.4, -0.2) is 34.3 Å². The van der Waals surface area contributed by atoms with E-state index in [0.29, 0.717) is 30.2 Å². The predicted octanol–water partition coefficient (Wildman–Crippen LogP) is 1.94. The molecule has 0 spiro atoms. The van der Waals surface area contributed by atoms with Crippen LogP contribution in [0.2, 0.25) is 0 Å². The van der Waals surface area contributed by atoms with Crippen LogP contribution in [0.5, 0.6) is 0 Å². The summed E-state index contributed by atoms with van der Waals surface area (Å²) in [5.41, 5.74) is 2.61. The lowest BCUT2D eigenvalue weighted by molar-refractivity contribution is 0.0874. The van der Waals surface area contributed by atoms with Crippen LogP contribution in [0, 0.1) is 12.8 Å². The minimum Gasteiger partial charge on any atom is -0.375 e. The number of nitrogens with one attached hydrogen (secondary N) is 1. The van der Waals surface area contributed by atoms with Crippen molar-refractivity contribution >= 4 is 11.4 Å². The molecule has 2 bridgehead atoms. The molecule has 2 aliphatic heterocycles. The highest BCUT2D eigenvalue weighted by Crippen LogP contribution is 2.38. The van der Waals surface area contributed by atoms with Crippen LogP contribution < -0.4 is 5.32 Å². The number of hydrogen-bond donors (Lipinski definition) is 1. The lowest BCUT2D eigenvalue weighted by Crippen LogP contribution is -2.33. The van der Waals surface area contributed by atoms with Crippen LogP contribution in [0.3, 0.4) is 0 Å². The number of nitrogens with zero attached hydrogens (tertiary/aromatic N) is 2. The second-order valence-electron chi connectivity index (χ2n) is 6.17. The fourth-order valence-electron chi connectivity index (χ4n) is 3.54.